The van der Waals surface area contributed by atoms with Crippen LogP contribution in [-0.2, 0) is 14.4 Å². The van der Waals surface area contributed by atoms with Crippen molar-refractivity contribution in [3.63, 3.8) is 0 Å². The average Bonchev–Trinajstić information content (AvgIpc) is 2.58. The molecule has 0 aromatic heterocycles. The molecule has 0 unspecified atom stereocenters. The number of hydrogen-bond donors (Lipinski definition) is 4. The Balaban J connectivity index is 1.71. The van der Waals surface area contributed by atoms with Crippen LogP contribution in [0.15, 0.2) is 35.5 Å². The summed E-state index contributed by atoms with van der Waals surface area (Å²) in [4.78, 5) is 37.2. The summed E-state index contributed by atoms with van der Waals surface area (Å²) in [7, 11) is 0. The summed E-state index contributed by atoms with van der Waals surface area (Å²) in [6, 6.07) is 4.09. The van der Waals surface area contributed by atoms with Crippen LogP contribution in [0, 0.1) is 0 Å². The molecule has 0 aliphatic carbocycles. The molecule has 5 N–H and O–H groups in total. The number of nitrogens with zero attached hydrogens (tertiary/aromatic N) is 1. The monoisotopic (exact) mass is 369 g/mol. The smallest absolute Gasteiger partial charge is 0.352 e. The second-order valence-electron chi connectivity index (χ2n) is 5.90. The van der Waals surface area contributed by atoms with Gasteiger partial charge in [-0.15, -0.1) is 11.8 Å². The Morgan fingerprint density at radius 1 is 1.36 bits per heavy atom. The topological polar surface area (TPSA) is 133 Å². The molecule has 2 amide bonds. The third-order valence-electron chi connectivity index (χ3n) is 4.19. The predicted molar refractivity (Wildman–Crippen MR) is 90.4 cm³/mol. The van der Waals surface area contributed by atoms with Crippen molar-refractivity contribution in [2.75, 3.05) is 5.75 Å². The molecule has 0 radical (unpaired) electrons. The molecule has 9 heteroatoms. The van der Waals surface area contributed by atoms with Gasteiger partial charge in [0.25, 0.3) is 5.91 Å². The molecule has 0 spiro atoms. The van der Waals surface area contributed by atoms with Crippen LogP contribution in [-0.4, -0.2) is 50.1 Å². The quantitative estimate of drug-likeness (QED) is 0.555. The summed E-state index contributed by atoms with van der Waals surface area (Å²) in [5, 5.41) is 20.7. The number of aromatic hydroxyl groups is 1. The van der Waals surface area contributed by atoms with E-state index in [2.05, 4.69) is 5.32 Å². The summed E-state index contributed by atoms with van der Waals surface area (Å²) in [5.41, 5.74) is 7.00. The molecular formula is C16H17N3O5S. The van der Waals surface area contributed by atoms with Crippen molar-refractivity contribution in [2.45, 2.75) is 24.4 Å². The van der Waals surface area contributed by atoms with E-state index in [0.717, 1.165) is 0 Å². The number of rotatable bonds is 4. The van der Waals surface area contributed by atoms with Gasteiger partial charge >= 0.3 is 5.97 Å². The minimum atomic E-state index is -1.15. The molecule has 0 saturated carbocycles. The lowest BCUT2D eigenvalue weighted by molar-refractivity contribution is -0.150. The number of benzene rings is 1. The highest BCUT2D eigenvalue weighted by atomic mass is 32.2. The first-order chi connectivity index (χ1) is 11.8. The minimum absolute atomic E-state index is 0.0120. The lowest BCUT2D eigenvalue weighted by atomic mass is 10.0. The number of aliphatic carboxylic acids is 1. The fraction of sp³-hybridized carbons (Fsp3) is 0.312. The predicted octanol–water partition coefficient (Wildman–Crippen LogP) is 0.151. The van der Waals surface area contributed by atoms with Gasteiger partial charge in [-0.2, -0.15) is 0 Å². The fourth-order valence-electron chi connectivity index (χ4n) is 2.85. The molecule has 1 saturated heterocycles. The molecule has 2 aliphatic heterocycles. The third kappa shape index (κ3) is 2.96. The third-order valence-corrected chi connectivity index (χ3v) is 5.62. The van der Waals surface area contributed by atoms with E-state index in [4.69, 9.17) is 5.73 Å². The number of nitrogens with one attached hydrogen (secondary N) is 1. The second-order valence-corrected chi connectivity index (χ2v) is 7.00. The number of carbonyl (C=O) groups excluding carboxylic acids is 2. The number of phenols is 1. The highest BCUT2D eigenvalue weighted by Gasteiger charge is 2.53. The Hall–Kier alpha value is -2.52. The van der Waals surface area contributed by atoms with Crippen LogP contribution in [0.4, 0.5) is 0 Å². The first-order valence-corrected chi connectivity index (χ1v) is 8.58. The molecule has 3 rings (SSSR count). The van der Waals surface area contributed by atoms with Crippen LogP contribution in [0.3, 0.4) is 0 Å². The summed E-state index contributed by atoms with van der Waals surface area (Å²) >= 11 is 1.40. The van der Waals surface area contributed by atoms with Crippen molar-refractivity contribution in [1.82, 2.24) is 10.2 Å². The van der Waals surface area contributed by atoms with Crippen molar-refractivity contribution in [1.29, 1.82) is 0 Å². The Morgan fingerprint density at radius 3 is 2.60 bits per heavy atom. The van der Waals surface area contributed by atoms with Gasteiger partial charge in [-0.05, 0) is 30.2 Å². The van der Waals surface area contributed by atoms with E-state index in [1.54, 1.807) is 6.92 Å². The highest BCUT2D eigenvalue weighted by Crippen LogP contribution is 2.40. The van der Waals surface area contributed by atoms with Crippen LogP contribution in [0.1, 0.15) is 18.5 Å². The number of hydrogen-bond acceptors (Lipinski definition) is 6. The summed E-state index contributed by atoms with van der Waals surface area (Å²) in [5.74, 6) is -1.61. The SMILES string of the molecule is CC1=C(C(=O)O)N2C(=O)[C@@H](NC(=O)[C@H](N)[13c]3[13cH][13cH][13c](O)[13cH][13cH]3)[C@H]2SC1. The van der Waals surface area contributed by atoms with Crippen molar-refractivity contribution in [3.8, 4) is 5.75 Å². The molecule has 1 fully saturated rings. The highest BCUT2D eigenvalue weighted by molar-refractivity contribution is 8.00. The zero-order valence-electron chi connectivity index (χ0n) is 13.3. The zero-order valence-corrected chi connectivity index (χ0v) is 14.1. The number of carboxylic acids is 1. The van der Waals surface area contributed by atoms with Crippen LogP contribution >= 0.6 is 11.8 Å². The molecule has 132 valence electrons. The molecule has 1 aromatic rings. The number of carbonyl (C=O) groups is 3. The molecule has 8 nitrogen and oxygen atoms in total. The van der Waals surface area contributed by atoms with Gasteiger partial charge in [0.2, 0.25) is 5.91 Å². The van der Waals surface area contributed by atoms with E-state index in [1.807, 2.05) is 0 Å². The van der Waals surface area contributed by atoms with E-state index in [0.29, 0.717) is 16.9 Å². The Labute approximate surface area is 147 Å². The van der Waals surface area contributed by atoms with Crippen molar-refractivity contribution >= 4 is 29.5 Å². The van der Waals surface area contributed by atoms with Gasteiger partial charge in [0.05, 0.1) is 0 Å². The van der Waals surface area contributed by atoms with E-state index < -0.39 is 35.2 Å². The number of amides is 2. The van der Waals surface area contributed by atoms with Gasteiger partial charge in [0.15, 0.2) is 0 Å². The number of fused-ring (bicyclic) bond motifs is 1. The number of phenolic OH excluding ortho intramolecular Hbond substituents is 1. The van der Waals surface area contributed by atoms with Gasteiger partial charge in [-0.25, -0.2) is 4.79 Å². The molecule has 0 bridgehead atoms. The number of carboxylic acid groups (broad SMARTS) is 1. The van der Waals surface area contributed by atoms with Crippen molar-refractivity contribution in [2.24, 2.45) is 5.73 Å². The lowest BCUT2D eigenvalue weighted by Gasteiger charge is -2.49. The minimum Gasteiger partial charge on any atom is -0.508 e. The Bertz CT molecular complexity index is 776. The van der Waals surface area contributed by atoms with E-state index >= 15 is 0 Å². The molecule has 25 heavy (non-hydrogen) atoms. The number of thioether (sulfide) groups is 1. The van der Waals surface area contributed by atoms with Crippen molar-refractivity contribution in [3.05, 3.63) is 41.1 Å². The summed E-state index contributed by atoms with van der Waals surface area (Å²) in [6.45, 7) is 1.67. The second kappa shape index (κ2) is 6.41. The molecular weight excluding hydrogens is 352 g/mol. The first-order valence-electron chi connectivity index (χ1n) is 7.54. The van der Waals surface area contributed by atoms with Crippen LogP contribution in [0.2, 0.25) is 0 Å². The number of nitrogens with two attached hydrogens (primary N) is 1. The van der Waals surface area contributed by atoms with E-state index in [1.165, 1.54) is 40.9 Å². The molecule has 1 aromatic carbocycles. The summed E-state index contributed by atoms with van der Waals surface area (Å²) < 4.78 is 0. The standard InChI is InChI=1S/C16H17N3O5S/c1-7-6-25-15-11(14(22)19(15)12(7)16(23)24)18-13(21)10(17)8-2-4-9(20)5-3-8/h2-5,10-11,15,20H,6,17H2,1H3,(H,18,21)(H,23,24)/t10-,11-,15-/m1/s1/i2+1,3+1,4+1,5+1,8+1,9+1. The fourth-order valence-corrected chi connectivity index (χ4v) is 4.14. The largest absolute Gasteiger partial charge is 0.508 e. The Morgan fingerprint density at radius 2 is 2.00 bits per heavy atom. The maximum absolute atomic E-state index is 12.3. The van der Waals surface area contributed by atoms with Gasteiger partial charge in [0, 0.05) is 5.75 Å². The first kappa shape index (κ1) is 17.3. The molecule has 3 atom stereocenters. The van der Waals surface area contributed by atoms with E-state index in [-0.39, 0.29) is 11.4 Å². The Kier molecular flexibility index (Phi) is 4.44. The maximum atomic E-state index is 12.3. The maximum Gasteiger partial charge on any atom is 0.352 e. The average molecular weight is 369 g/mol. The zero-order chi connectivity index (χ0) is 18.3. The van der Waals surface area contributed by atoms with E-state index in [9.17, 15) is 24.6 Å². The van der Waals surface area contributed by atoms with Gasteiger partial charge in [-0.3, -0.25) is 14.5 Å². The van der Waals surface area contributed by atoms with Gasteiger partial charge in [-0.1, -0.05) is 12.1 Å². The molecule has 2 heterocycles. The molecule has 2 aliphatic rings. The van der Waals surface area contributed by atoms with Crippen molar-refractivity contribution < 1.29 is 24.6 Å². The normalized spacial score (nSPS) is 23.6. The summed E-state index contributed by atoms with van der Waals surface area (Å²) in [6.07, 6.45) is 0. The van der Waals surface area contributed by atoms with Crippen LogP contribution in [0.25, 0.3) is 0 Å². The van der Waals surface area contributed by atoms with Gasteiger partial charge in [0.1, 0.15) is 28.9 Å². The lowest BCUT2D eigenvalue weighted by Crippen LogP contribution is -2.71. The van der Waals surface area contributed by atoms with Gasteiger partial charge < -0.3 is 21.3 Å². The van der Waals surface area contributed by atoms with Crippen LogP contribution < -0.4 is 11.1 Å². The number of β-lactam (4-membered cyclic amide) rings is 1. The van der Waals surface area contributed by atoms with Crippen LogP contribution in [0.5, 0.6) is 5.75 Å².